The van der Waals surface area contributed by atoms with Crippen molar-refractivity contribution in [3.8, 4) is 0 Å². The number of nitrogens with zero attached hydrogens (tertiary/aromatic N) is 1. The molecule has 0 radical (unpaired) electrons. The Labute approximate surface area is 165 Å². The maximum atomic E-state index is 12.6. The van der Waals surface area contributed by atoms with Crippen LogP contribution in [0.3, 0.4) is 0 Å². The fourth-order valence-electron chi connectivity index (χ4n) is 2.52. The topological polar surface area (TPSA) is 70.9 Å². The van der Waals surface area contributed by atoms with E-state index in [0.717, 1.165) is 14.8 Å². The molecule has 2 aromatic rings. The molecule has 0 saturated heterocycles. The number of carbonyl (C=O) groups excluding carboxylic acids is 1. The largest absolute Gasteiger partial charge is 0.324 e. The quantitative estimate of drug-likeness (QED) is 0.728. The molecule has 6 nitrogen and oxygen atoms in total. The molecule has 0 aliphatic carbocycles. The molecule has 0 aliphatic rings. The first kappa shape index (κ1) is 21.4. The molecule has 0 aromatic heterocycles. The number of likely N-dealkylation sites (N-methyl/N-ethyl adjacent to an activating group) is 1. The summed E-state index contributed by atoms with van der Waals surface area (Å²) in [5.41, 5.74) is 1.53. The normalized spacial score (nSPS) is 14.0. The van der Waals surface area contributed by atoms with Gasteiger partial charge in [0.2, 0.25) is 10.0 Å². The van der Waals surface area contributed by atoms with Gasteiger partial charge in [-0.2, -0.15) is 0 Å². The number of carbonyl (C=O) groups is 1. The number of quaternary nitrogens is 1. The van der Waals surface area contributed by atoms with Gasteiger partial charge in [0.1, 0.15) is 11.4 Å². The first-order valence-electron chi connectivity index (χ1n) is 8.52. The third kappa shape index (κ3) is 5.29. The molecule has 0 aliphatic heterocycles. The minimum Gasteiger partial charge on any atom is -0.324 e. The number of rotatable bonds is 7. The number of nitrogens with one attached hydrogen (secondary N) is 2. The summed E-state index contributed by atoms with van der Waals surface area (Å²) in [6, 6.07) is 14.0. The average Bonchev–Trinajstić information content (AvgIpc) is 2.63. The monoisotopic (exact) mass is 410 g/mol. The molecule has 0 bridgehead atoms. The number of benzene rings is 2. The summed E-state index contributed by atoms with van der Waals surface area (Å²) < 4.78 is 25.8. The van der Waals surface area contributed by atoms with Gasteiger partial charge < -0.3 is 10.2 Å². The molecular weight excluding hydrogens is 386 g/mol. The zero-order valence-corrected chi connectivity index (χ0v) is 17.4. The van der Waals surface area contributed by atoms with Crippen molar-refractivity contribution in [1.29, 1.82) is 0 Å². The fourth-order valence-corrected chi connectivity index (χ4v) is 3.91. The van der Waals surface area contributed by atoms with Gasteiger partial charge in [-0.15, -0.1) is 0 Å². The summed E-state index contributed by atoms with van der Waals surface area (Å²) in [6.45, 7) is 2.54. The molecule has 2 rings (SSSR count). The molecule has 8 heteroatoms. The van der Waals surface area contributed by atoms with Crippen LogP contribution in [0.5, 0.6) is 0 Å². The van der Waals surface area contributed by atoms with E-state index in [0.29, 0.717) is 12.2 Å². The van der Waals surface area contributed by atoms with Crippen molar-refractivity contribution in [2.75, 3.05) is 26.5 Å². The van der Waals surface area contributed by atoms with Gasteiger partial charge >= 0.3 is 0 Å². The van der Waals surface area contributed by atoms with Crippen LogP contribution >= 0.6 is 11.6 Å². The van der Waals surface area contributed by atoms with Crippen molar-refractivity contribution >= 4 is 33.2 Å². The maximum absolute atomic E-state index is 12.6. The Morgan fingerprint density at radius 3 is 2.41 bits per heavy atom. The number of amides is 1. The SMILES string of the molecule is C[C@@H](C(=O)Nc1ccc(Cl)c(S(=O)(=O)N(C)C)c1)[NH+](C)Cc1ccccc1. The molecule has 0 saturated carbocycles. The summed E-state index contributed by atoms with van der Waals surface area (Å²) in [6.07, 6.45) is 0. The number of anilines is 1. The Morgan fingerprint density at radius 2 is 1.81 bits per heavy atom. The molecular formula is C19H25ClN3O3S+. The predicted octanol–water partition coefficient (Wildman–Crippen LogP) is 1.63. The molecule has 0 heterocycles. The number of halogens is 1. The maximum Gasteiger partial charge on any atom is 0.282 e. The van der Waals surface area contributed by atoms with Crippen LogP contribution < -0.4 is 10.2 Å². The van der Waals surface area contributed by atoms with E-state index in [4.69, 9.17) is 11.6 Å². The van der Waals surface area contributed by atoms with Gasteiger partial charge in [-0.05, 0) is 25.1 Å². The van der Waals surface area contributed by atoms with Crippen molar-refractivity contribution in [2.45, 2.75) is 24.4 Å². The highest BCUT2D eigenvalue weighted by Gasteiger charge is 2.24. The van der Waals surface area contributed by atoms with Crippen LogP contribution in [0.2, 0.25) is 5.02 Å². The first-order valence-corrected chi connectivity index (χ1v) is 10.3. The second-order valence-electron chi connectivity index (χ2n) is 6.65. The average molecular weight is 411 g/mol. The molecule has 2 aromatic carbocycles. The number of hydrogen-bond acceptors (Lipinski definition) is 3. The zero-order valence-electron chi connectivity index (χ0n) is 15.9. The van der Waals surface area contributed by atoms with Gasteiger partial charge in [0.15, 0.2) is 6.04 Å². The van der Waals surface area contributed by atoms with E-state index < -0.39 is 10.0 Å². The van der Waals surface area contributed by atoms with E-state index >= 15 is 0 Å². The molecule has 2 N–H and O–H groups in total. The third-order valence-electron chi connectivity index (χ3n) is 4.42. The van der Waals surface area contributed by atoms with Crippen molar-refractivity contribution in [3.05, 3.63) is 59.1 Å². The molecule has 0 spiro atoms. The van der Waals surface area contributed by atoms with E-state index in [-0.39, 0.29) is 21.9 Å². The first-order chi connectivity index (χ1) is 12.6. The smallest absolute Gasteiger partial charge is 0.282 e. The minimum absolute atomic E-state index is 0.0374. The lowest BCUT2D eigenvalue weighted by Gasteiger charge is -2.21. The van der Waals surface area contributed by atoms with Crippen molar-refractivity contribution < 1.29 is 18.1 Å². The third-order valence-corrected chi connectivity index (χ3v) is 6.71. The summed E-state index contributed by atoms with van der Waals surface area (Å²) in [5, 5.41) is 2.90. The molecule has 1 unspecified atom stereocenters. The van der Waals surface area contributed by atoms with Crippen molar-refractivity contribution in [1.82, 2.24) is 4.31 Å². The lowest BCUT2D eigenvalue weighted by molar-refractivity contribution is -0.907. The van der Waals surface area contributed by atoms with Gasteiger partial charge in [0.25, 0.3) is 5.91 Å². The Kier molecular flexibility index (Phi) is 7.00. The lowest BCUT2D eigenvalue weighted by atomic mass is 10.2. The van der Waals surface area contributed by atoms with Crippen LogP contribution in [0.15, 0.2) is 53.4 Å². The van der Waals surface area contributed by atoms with E-state index in [1.54, 1.807) is 6.07 Å². The highest BCUT2D eigenvalue weighted by molar-refractivity contribution is 7.89. The van der Waals surface area contributed by atoms with E-state index in [9.17, 15) is 13.2 Å². The van der Waals surface area contributed by atoms with Crippen molar-refractivity contribution in [2.24, 2.45) is 0 Å². The summed E-state index contributed by atoms with van der Waals surface area (Å²) in [4.78, 5) is 13.6. The molecule has 2 atom stereocenters. The summed E-state index contributed by atoms with van der Waals surface area (Å²) in [5.74, 6) is -0.195. The van der Waals surface area contributed by atoms with Crippen molar-refractivity contribution in [3.63, 3.8) is 0 Å². The van der Waals surface area contributed by atoms with Crippen LogP contribution in [0.4, 0.5) is 5.69 Å². The second kappa shape index (κ2) is 8.84. The molecule has 1 amide bonds. The minimum atomic E-state index is -3.70. The summed E-state index contributed by atoms with van der Waals surface area (Å²) >= 11 is 6.04. The second-order valence-corrected chi connectivity index (χ2v) is 9.18. The Bertz CT molecular complexity index is 902. The Hall–Kier alpha value is -1.93. The summed E-state index contributed by atoms with van der Waals surface area (Å²) in [7, 11) is 1.11. The van der Waals surface area contributed by atoms with Crippen LogP contribution in [0, 0.1) is 0 Å². The lowest BCUT2D eigenvalue weighted by Crippen LogP contribution is -3.12. The van der Waals surface area contributed by atoms with E-state index in [1.165, 1.54) is 26.2 Å². The Morgan fingerprint density at radius 1 is 1.19 bits per heavy atom. The van der Waals surface area contributed by atoms with Crippen LogP contribution in [0.1, 0.15) is 12.5 Å². The molecule has 146 valence electrons. The van der Waals surface area contributed by atoms with E-state index in [1.807, 2.05) is 44.3 Å². The number of hydrogen-bond donors (Lipinski definition) is 2. The predicted molar refractivity (Wildman–Crippen MR) is 107 cm³/mol. The van der Waals surface area contributed by atoms with Gasteiger partial charge in [0.05, 0.1) is 12.1 Å². The van der Waals surface area contributed by atoms with E-state index in [2.05, 4.69) is 5.32 Å². The van der Waals surface area contributed by atoms with Gasteiger partial charge in [-0.25, -0.2) is 12.7 Å². The number of sulfonamides is 1. The molecule has 0 fully saturated rings. The highest BCUT2D eigenvalue weighted by Crippen LogP contribution is 2.26. The highest BCUT2D eigenvalue weighted by atomic mass is 35.5. The van der Waals surface area contributed by atoms with Crippen LogP contribution in [-0.4, -0.2) is 45.8 Å². The fraction of sp³-hybridized carbons (Fsp3) is 0.316. The molecule has 27 heavy (non-hydrogen) atoms. The van der Waals surface area contributed by atoms with Crippen LogP contribution in [-0.2, 0) is 21.4 Å². The van der Waals surface area contributed by atoms with Gasteiger partial charge in [-0.3, -0.25) is 4.79 Å². The van der Waals surface area contributed by atoms with Gasteiger partial charge in [-0.1, -0.05) is 41.9 Å². The zero-order chi connectivity index (χ0) is 20.2. The van der Waals surface area contributed by atoms with Gasteiger partial charge in [0, 0.05) is 25.3 Å². The standard InChI is InChI=1S/C19H24ClN3O3S/c1-14(23(4)13-15-8-6-5-7-9-15)19(24)21-16-10-11-17(20)18(12-16)27(25,26)22(2)3/h5-12,14H,13H2,1-4H3,(H,21,24)/p+1/t14-/m0/s1. The Balaban J connectivity index is 2.13. The van der Waals surface area contributed by atoms with Crippen LogP contribution in [0.25, 0.3) is 0 Å².